The van der Waals surface area contributed by atoms with Crippen LogP contribution in [0.5, 0.6) is 11.5 Å². The molecule has 1 N–H and O–H groups in total. The molecule has 0 radical (unpaired) electrons. The Bertz CT molecular complexity index is 1360. The van der Waals surface area contributed by atoms with Gasteiger partial charge in [-0.1, -0.05) is 53.0 Å². The Kier molecular flexibility index (Phi) is 5.10. The largest absolute Gasteiger partial charge is 0.454 e. The summed E-state index contributed by atoms with van der Waals surface area (Å²) < 4.78 is 10.8. The number of fused-ring (bicyclic) bond motifs is 2. The zero-order chi connectivity index (χ0) is 21.5. The number of benzene rings is 3. The predicted molar refractivity (Wildman–Crippen MR) is 123 cm³/mol. The summed E-state index contributed by atoms with van der Waals surface area (Å²) >= 11 is 18.3. The Morgan fingerprint density at radius 3 is 2.52 bits per heavy atom. The van der Waals surface area contributed by atoms with Crippen molar-refractivity contribution in [2.24, 2.45) is 0 Å². The van der Waals surface area contributed by atoms with E-state index in [4.69, 9.17) is 49.3 Å². The fourth-order valence-corrected chi connectivity index (χ4v) is 3.97. The summed E-state index contributed by atoms with van der Waals surface area (Å²) in [7, 11) is 0. The number of carbonyl (C=O) groups is 1. The summed E-state index contributed by atoms with van der Waals surface area (Å²) in [4.78, 5) is 18.0. The Hall–Kier alpha value is -2.99. The van der Waals surface area contributed by atoms with Crippen molar-refractivity contribution in [3.05, 3.63) is 81.3 Å². The first-order valence-corrected chi connectivity index (χ1v) is 10.4. The van der Waals surface area contributed by atoms with Crippen LogP contribution in [-0.4, -0.2) is 17.7 Å². The van der Waals surface area contributed by atoms with Crippen molar-refractivity contribution in [2.45, 2.75) is 0 Å². The Morgan fingerprint density at radius 1 is 0.871 bits per heavy atom. The lowest BCUT2D eigenvalue weighted by Gasteiger charge is -2.12. The number of rotatable bonds is 3. The lowest BCUT2D eigenvalue weighted by atomic mass is 10.0. The molecule has 3 aromatic carbocycles. The third kappa shape index (κ3) is 3.76. The van der Waals surface area contributed by atoms with Crippen molar-refractivity contribution >= 4 is 57.3 Å². The molecular weight excluding hydrogens is 459 g/mol. The number of ether oxygens (including phenoxy) is 2. The van der Waals surface area contributed by atoms with E-state index >= 15 is 0 Å². The Morgan fingerprint density at radius 2 is 1.65 bits per heavy atom. The highest BCUT2D eigenvalue weighted by molar-refractivity contribution is 6.44. The molecule has 0 saturated heterocycles. The van der Waals surface area contributed by atoms with Crippen LogP contribution >= 0.6 is 34.8 Å². The van der Waals surface area contributed by atoms with Gasteiger partial charge in [-0.25, -0.2) is 4.98 Å². The van der Waals surface area contributed by atoms with Gasteiger partial charge in [-0.05, 0) is 42.5 Å². The molecule has 5 rings (SSSR count). The number of nitrogens with one attached hydrogen (secondary N) is 1. The van der Waals surface area contributed by atoms with Crippen LogP contribution in [0.3, 0.4) is 0 Å². The van der Waals surface area contributed by atoms with E-state index in [2.05, 4.69) is 5.32 Å². The first-order valence-electron chi connectivity index (χ1n) is 9.25. The van der Waals surface area contributed by atoms with Gasteiger partial charge in [-0.15, -0.1) is 0 Å². The van der Waals surface area contributed by atoms with Crippen LogP contribution in [-0.2, 0) is 0 Å². The van der Waals surface area contributed by atoms with E-state index in [0.717, 1.165) is 5.56 Å². The molecular formula is C23H13Cl3N2O3. The van der Waals surface area contributed by atoms with Crippen molar-refractivity contribution < 1.29 is 14.3 Å². The van der Waals surface area contributed by atoms with Gasteiger partial charge in [-0.2, -0.15) is 0 Å². The number of hydrogen-bond donors (Lipinski definition) is 1. The summed E-state index contributed by atoms with van der Waals surface area (Å²) in [6.07, 6.45) is 0. The molecule has 1 aliphatic rings. The molecule has 0 unspecified atom stereocenters. The summed E-state index contributed by atoms with van der Waals surface area (Å²) in [5, 5.41) is 4.42. The quantitative estimate of drug-likeness (QED) is 0.332. The number of carbonyl (C=O) groups excluding carboxylic acids is 1. The van der Waals surface area contributed by atoms with Crippen molar-refractivity contribution in [2.75, 3.05) is 12.1 Å². The number of aromatic nitrogens is 1. The molecule has 8 heteroatoms. The number of pyridine rings is 1. The highest BCUT2D eigenvalue weighted by Gasteiger charge is 2.18. The van der Waals surface area contributed by atoms with Gasteiger partial charge in [0.2, 0.25) is 6.79 Å². The molecule has 31 heavy (non-hydrogen) atoms. The minimum atomic E-state index is -0.346. The lowest BCUT2D eigenvalue weighted by molar-refractivity contribution is 0.102. The molecule has 1 aliphatic heterocycles. The van der Waals surface area contributed by atoms with Crippen molar-refractivity contribution in [1.29, 1.82) is 0 Å². The van der Waals surface area contributed by atoms with Gasteiger partial charge in [0.15, 0.2) is 11.5 Å². The summed E-state index contributed by atoms with van der Waals surface area (Å²) in [6.45, 7) is 0.183. The summed E-state index contributed by atoms with van der Waals surface area (Å²) in [5.41, 5.74) is 2.93. The SMILES string of the molecule is O=C(Nc1cc(Cl)c(Cl)cc1Cl)c1cc(-c2ccc3c(c2)OCO3)nc2ccccc12. The molecule has 0 fully saturated rings. The van der Waals surface area contributed by atoms with Crippen LogP contribution in [0.2, 0.25) is 15.1 Å². The first-order chi connectivity index (χ1) is 15.0. The molecule has 0 saturated carbocycles. The molecule has 0 aliphatic carbocycles. The number of para-hydroxylation sites is 1. The molecule has 5 nitrogen and oxygen atoms in total. The lowest BCUT2D eigenvalue weighted by Crippen LogP contribution is -2.13. The highest BCUT2D eigenvalue weighted by Crippen LogP contribution is 2.37. The maximum Gasteiger partial charge on any atom is 0.256 e. The minimum absolute atomic E-state index is 0.183. The fraction of sp³-hybridized carbons (Fsp3) is 0.0435. The van der Waals surface area contributed by atoms with Gasteiger partial charge >= 0.3 is 0 Å². The maximum absolute atomic E-state index is 13.2. The third-order valence-corrected chi connectivity index (χ3v) is 5.92. The van der Waals surface area contributed by atoms with Crippen LogP contribution in [0.4, 0.5) is 5.69 Å². The summed E-state index contributed by atoms with van der Waals surface area (Å²) in [5.74, 6) is 0.971. The molecule has 0 atom stereocenters. The van der Waals surface area contributed by atoms with E-state index in [-0.39, 0.29) is 17.7 Å². The van der Waals surface area contributed by atoms with E-state index in [1.54, 1.807) is 6.07 Å². The first kappa shape index (κ1) is 19.9. The number of halogens is 3. The van der Waals surface area contributed by atoms with Gasteiger partial charge in [0, 0.05) is 10.9 Å². The number of anilines is 1. The molecule has 0 bridgehead atoms. The summed E-state index contributed by atoms with van der Waals surface area (Å²) in [6, 6.07) is 17.7. The van der Waals surface area contributed by atoms with Crippen molar-refractivity contribution in [3.8, 4) is 22.8 Å². The van der Waals surface area contributed by atoms with Crippen LogP contribution < -0.4 is 14.8 Å². The average Bonchev–Trinajstić information content (AvgIpc) is 3.24. The molecule has 0 spiro atoms. The average molecular weight is 472 g/mol. The number of amides is 1. The van der Waals surface area contributed by atoms with Gasteiger partial charge in [0.1, 0.15) is 0 Å². The Labute approximate surface area is 192 Å². The van der Waals surface area contributed by atoms with Crippen LogP contribution in [0, 0.1) is 0 Å². The predicted octanol–water partition coefficient (Wildman–Crippen LogP) is 6.84. The van der Waals surface area contributed by atoms with Crippen molar-refractivity contribution in [1.82, 2.24) is 4.98 Å². The van der Waals surface area contributed by atoms with Crippen LogP contribution in [0.15, 0.2) is 60.7 Å². The molecule has 1 aromatic heterocycles. The zero-order valence-electron chi connectivity index (χ0n) is 15.8. The smallest absolute Gasteiger partial charge is 0.256 e. The second kappa shape index (κ2) is 7.93. The monoisotopic (exact) mass is 470 g/mol. The highest BCUT2D eigenvalue weighted by atomic mass is 35.5. The van der Waals surface area contributed by atoms with E-state index in [1.165, 1.54) is 12.1 Å². The zero-order valence-corrected chi connectivity index (χ0v) is 18.1. The topological polar surface area (TPSA) is 60.5 Å². The third-order valence-electron chi connectivity index (χ3n) is 4.89. The number of hydrogen-bond acceptors (Lipinski definition) is 4. The van der Waals surface area contributed by atoms with E-state index < -0.39 is 0 Å². The molecule has 2 heterocycles. The molecule has 4 aromatic rings. The minimum Gasteiger partial charge on any atom is -0.454 e. The van der Waals surface area contributed by atoms with Crippen molar-refractivity contribution in [3.63, 3.8) is 0 Å². The number of nitrogens with zero attached hydrogens (tertiary/aromatic N) is 1. The van der Waals surface area contributed by atoms with Gasteiger partial charge in [0.25, 0.3) is 5.91 Å². The van der Waals surface area contributed by atoms with E-state index in [9.17, 15) is 4.79 Å². The van der Waals surface area contributed by atoms with E-state index in [0.29, 0.717) is 49.4 Å². The standard InChI is InChI=1S/C23H13Cl3N2O3/c24-15-9-17(26)20(10-16(15)25)28-23(29)14-8-19(27-18-4-2-1-3-13(14)18)12-5-6-21-22(7-12)31-11-30-21/h1-10H,11H2,(H,28,29). The second-order valence-electron chi connectivity index (χ2n) is 6.84. The van der Waals surface area contributed by atoms with Crippen LogP contribution in [0.1, 0.15) is 10.4 Å². The Balaban J connectivity index is 1.59. The van der Waals surface area contributed by atoms with Crippen LogP contribution in [0.25, 0.3) is 22.2 Å². The second-order valence-corrected chi connectivity index (χ2v) is 8.06. The fourth-order valence-electron chi connectivity index (χ4n) is 3.38. The van der Waals surface area contributed by atoms with Gasteiger partial charge in [0.05, 0.1) is 37.5 Å². The normalized spacial score (nSPS) is 12.2. The van der Waals surface area contributed by atoms with Gasteiger partial charge < -0.3 is 14.8 Å². The van der Waals surface area contributed by atoms with Gasteiger partial charge in [-0.3, -0.25) is 4.79 Å². The van der Waals surface area contributed by atoms with E-state index in [1.807, 2.05) is 42.5 Å². The molecule has 154 valence electrons. The maximum atomic E-state index is 13.2. The molecule has 1 amide bonds.